The average molecular weight is 313 g/mol. The van der Waals surface area contributed by atoms with Crippen molar-refractivity contribution in [1.29, 1.82) is 0 Å². The summed E-state index contributed by atoms with van der Waals surface area (Å²) in [7, 11) is 0. The van der Waals surface area contributed by atoms with Crippen LogP contribution in [0.4, 0.5) is 4.39 Å². The number of hydrogen-bond donors (Lipinski definition) is 1. The minimum atomic E-state index is -0.467. The number of aromatic nitrogens is 1. The molecule has 2 nitrogen and oxygen atoms in total. The van der Waals surface area contributed by atoms with Crippen LogP contribution in [-0.4, -0.2) is 4.98 Å². The first-order chi connectivity index (χ1) is 9.50. The predicted octanol–water partition coefficient (Wildman–Crippen LogP) is 4.94. The zero-order valence-corrected chi connectivity index (χ0v) is 12.7. The molecule has 0 amide bonds. The largest absolute Gasteiger partial charge is 0.302 e. The molecule has 0 aliphatic heterocycles. The Morgan fingerprint density at radius 1 is 1.10 bits per heavy atom. The van der Waals surface area contributed by atoms with Crippen molar-refractivity contribution in [3.63, 3.8) is 0 Å². The van der Waals surface area contributed by atoms with Gasteiger partial charge >= 0.3 is 0 Å². The molecule has 1 heterocycles. The summed E-state index contributed by atoms with van der Waals surface area (Å²) < 4.78 is 13.5. The summed E-state index contributed by atoms with van der Waals surface area (Å²) in [5, 5.41) is 3.83. The third kappa shape index (κ3) is 3.29. The van der Waals surface area contributed by atoms with E-state index in [4.69, 9.17) is 23.2 Å². The molecule has 2 aromatic rings. The molecule has 106 valence electrons. The van der Waals surface area contributed by atoms with Gasteiger partial charge in [-0.3, -0.25) is 4.98 Å². The molecule has 1 unspecified atom stereocenters. The van der Waals surface area contributed by atoms with Gasteiger partial charge < -0.3 is 5.32 Å². The molecule has 1 aromatic carbocycles. The van der Waals surface area contributed by atoms with Gasteiger partial charge in [0.1, 0.15) is 5.82 Å². The van der Waals surface area contributed by atoms with Crippen LogP contribution in [0.5, 0.6) is 0 Å². The van der Waals surface area contributed by atoms with Gasteiger partial charge in [-0.15, -0.1) is 0 Å². The van der Waals surface area contributed by atoms with Crippen LogP contribution in [0.2, 0.25) is 10.0 Å². The van der Waals surface area contributed by atoms with Crippen molar-refractivity contribution in [3.05, 3.63) is 63.6 Å². The van der Waals surface area contributed by atoms with Gasteiger partial charge in [0.2, 0.25) is 0 Å². The molecular weight excluding hydrogens is 298 g/mol. The first-order valence-corrected chi connectivity index (χ1v) is 7.06. The lowest BCUT2D eigenvalue weighted by Gasteiger charge is -2.22. The van der Waals surface area contributed by atoms with E-state index in [1.807, 2.05) is 32.0 Å². The normalized spacial score (nSPS) is 14.1. The molecule has 0 saturated heterocycles. The van der Waals surface area contributed by atoms with Crippen LogP contribution in [0.3, 0.4) is 0 Å². The minimum Gasteiger partial charge on any atom is -0.302 e. The highest BCUT2D eigenvalue weighted by Crippen LogP contribution is 2.33. The molecule has 2 rings (SSSR count). The number of nitrogens with zero attached hydrogens (tertiary/aromatic N) is 1. The van der Waals surface area contributed by atoms with Gasteiger partial charge in [-0.2, -0.15) is 0 Å². The summed E-state index contributed by atoms with van der Waals surface area (Å²) in [5.41, 5.74) is 1.47. The second-order valence-corrected chi connectivity index (χ2v) is 5.41. The van der Waals surface area contributed by atoms with Gasteiger partial charge in [-0.1, -0.05) is 29.3 Å². The second-order valence-electron chi connectivity index (χ2n) is 4.62. The van der Waals surface area contributed by atoms with Crippen molar-refractivity contribution in [3.8, 4) is 0 Å². The fourth-order valence-corrected chi connectivity index (χ4v) is 2.81. The van der Waals surface area contributed by atoms with Gasteiger partial charge in [-0.25, -0.2) is 4.39 Å². The zero-order valence-electron chi connectivity index (χ0n) is 11.2. The van der Waals surface area contributed by atoms with E-state index in [0.29, 0.717) is 10.6 Å². The quantitative estimate of drug-likeness (QED) is 0.809. The maximum atomic E-state index is 13.5. The van der Waals surface area contributed by atoms with Crippen molar-refractivity contribution in [2.75, 3.05) is 0 Å². The van der Waals surface area contributed by atoms with Crippen LogP contribution in [0.1, 0.15) is 37.2 Å². The SMILES string of the molecule is CC(N[C@H](C)c1ccccn1)c1c(Cl)ccc(F)c1Cl. The molecule has 20 heavy (non-hydrogen) atoms. The summed E-state index contributed by atoms with van der Waals surface area (Å²) in [5.74, 6) is -0.467. The molecular formula is C15H15Cl2FN2. The molecule has 0 aliphatic carbocycles. The first-order valence-electron chi connectivity index (χ1n) is 6.31. The van der Waals surface area contributed by atoms with E-state index in [-0.39, 0.29) is 17.1 Å². The number of rotatable bonds is 4. The predicted molar refractivity (Wildman–Crippen MR) is 80.6 cm³/mol. The molecule has 0 aliphatic rings. The fourth-order valence-electron chi connectivity index (χ4n) is 2.12. The first kappa shape index (κ1) is 15.2. The van der Waals surface area contributed by atoms with Gasteiger partial charge in [0, 0.05) is 28.9 Å². The van der Waals surface area contributed by atoms with Crippen LogP contribution >= 0.6 is 23.2 Å². The Kier molecular flexibility index (Phi) is 4.97. The molecule has 1 aromatic heterocycles. The Bertz CT molecular complexity index is 590. The topological polar surface area (TPSA) is 24.9 Å². The summed E-state index contributed by atoms with van der Waals surface area (Å²) in [4.78, 5) is 4.29. The molecule has 0 saturated carbocycles. The average Bonchev–Trinajstić information content (AvgIpc) is 2.44. The van der Waals surface area contributed by atoms with E-state index >= 15 is 0 Å². The van der Waals surface area contributed by atoms with Gasteiger partial charge in [-0.05, 0) is 38.1 Å². The monoisotopic (exact) mass is 312 g/mol. The Morgan fingerprint density at radius 2 is 1.85 bits per heavy atom. The zero-order chi connectivity index (χ0) is 14.7. The summed E-state index contributed by atoms with van der Waals surface area (Å²) >= 11 is 12.1. The standard InChI is InChI=1S/C15H15Cl2FN2/c1-9(13-5-3-4-8-19-13)20-10(2)14-11(16)6-7-12(18)15(14)17/h3-10,20H,1-2H3/t9-,10?/m1/s1. The molecule has 1 N–H and O–H groups in total. The van der Waals surface area contributed by atoms with E-state index in [1.54, 1.807) is 6.20 Å². The van der Waals surface area contributed by atoms with E-state index in [9.17, 15) is 4.39 Å². The fraction of sp³-hybridized carbons (Fsp3) is 0.267. The van der Waals surface area contributed by atoms with Crippen LogP contribution in [0.25, 0.3) is 0 Å². The second kappa shape index (κ2) is 6.53. The van der Waals surface area contributed by atoms with E-state index < -0.39 is 5.82 Å². The third-order valence-corrected chi connectivity index (χ3v) is 3.86. The molecule has 0 bridgehead atoms. The lowest BCUT2D eigenvalue weighted by atomic mass is 10.1. The Morgan fingerprint density at radius 3 is 2.50 bits per heavy atom. The van der Waals surface area contributed by atoms with E-state index in [2.05, 4.69) is 10.3 Å². The Labute approximate surface area is 127 Å². The molecule has 2 atom stereocenters. The highest BCUT2D eigenvalue weighted by molar-refractivity contribution is 6.36. The van der Waals surface area contributed by atoms with Crippen LogP contribution in [0, 0.1) is 5.82 Å². The maximum absolute atomic E-state index is 13.5. The highest BCUT2D eigenvalue weighted by atomic mass is 35.5. The third-order valence-electron chi connectivity index (χ3n) is 3.14. The highest BCUT2D eigenvalue weighted by Gasteiger charge is 2.19. The van der Waals surface area contributed by atoms with Crippen molar-refractivity contribution < 1.29 is 4.39 Å². The lowest BCUT2D eigenvalue weighted by molar-refractivity contribution is 0.484. The number of pyridine rings is 1. The maximum Gasteiger partial charge on any atom is 0.142 e. The van der Waals surface area contributed by atoms with Crippen molar-refractivity contribution in [1.82, 2.24) is 10.3 Å². The number of benzene rings is 1. The number of nitrogens with one attached hydrogen (secondary N) is 1. The van der Waals surface area contributed by atoms with E-state index in [0.717, 1.165) is 5.69 Å². The van der Waals surface area contributed by atoms with Crippen LogP contribution in [-0.2, 0) is 0 Å². The summed E-state index contributed by atoms with van der Waals surface area (Å²) in [6.07, 6.45) is 1.74. The summed E-state index contributed by atoms with van der Waals surface area (Å²) in [6.45, 7) is 3.88. The van der Waals surface area contributed by atoms with Crippen LogP contribution < -0.4 is 5.32 Å². The molecule has 5 heteroatoms. The van der Waals surface area contributed by atoms with Gasteiger partial charge in [0.15, 0.2) is 0 Å². The van der Waals surface area contributed by atoms with Gasteiger partial charge in [0.25, 0.3) is 0 Å². The molecule has 0 fully saturated rings. The van der Waals surface area contributed by atoms with Crippen molar-refractivity contribution in [2.24, 2.45) is 0 Å². The molecule has 0 radical (unpaired) electrons. The Balaban J connectivity index is 2.21. The number of hydrogen-bond acceptors (Lipinski definition) is 2. The molecule has 0 spiro atoms. The van der Waals surface area contributed by atoms with Gasteiger partial charge in [0.05, 0.1) is 10.7 Å². The Hall–Kier alpha value is -1.16. The van der Waals surface area contributed by atoms with Crippen LogP contribution in [0.15, 0.2) is 36.5 Å². The van der Waals surface area contributed by atoms with Crippen molar-refractivity contribution >= 4 is 23.2 Å². The number of halogens is 3. The smallest absolute Gasteiger partial charge is 0.142 e. The van der Waals surface area contributed by atoms with E-state index in [1.165, 1.54) is 12.1 Å². The minimum absolute atomic E-state index is 0.00148. The van der Waals surface area contributed by atoms with Crippen molar-refractivity contribution in [2.45, 2.75) is 25.9 Å². The lowest BCUT2D eigenvalue weighted by Crippen LogP contribution is -2.23. The summed E-state index contributed by atoms with van der Waals surface area (Å²) in [6, 6.07) is 8.31.